The standard InChI is InChI=1S/C16H23O2/c1-4-14-15(12-13-10-8-7-9-11-13)18-16(5-2,6-3)17-14/h7-11,14-15H,1,4-6,12H2,2-3H3/t14-,15-/m1/s1. The van der Waals surface area contributed by atoms with E-state index in [-0.39, 0.29) is 18.0 Å². The van der Waals surface area contributed by atoms with Crippen LogP contribution in [0.4, 0.5) is 0 Å². The van der Waals surface area contributed by atoms with Gasteiger partial charge >= 0.3 is 0 Å². The molecule has 1 fully saturated rings. The van der Waals surface area contributed by atoms with E-state index < -0.39 is 0 Å². The molecule has 1 aliphatic rings. The number of hydrogen-bond acceptors (Lipinski definition) is 2. The molecule has 2 atom stereocenters. The quantitative estimate of drug-likeness (QED) is 0.789. The van der Waals surface area contributed by atoms with E-state index in [2.05, 4.69) is 45.0 Å². The van der Waals surface area contributed by atoms with Gasteiger partial charge in [0.1, 0.15) is 0 Å². The van der Waals surface area contributed by atoms with Crippen LogP contribution in [0.1, 0.15) is 38.7 Å². The van der Waals surface area contributed by atoms with Crippen LogP contribution >= 0.6 is 0 Å². The topological polar surface area (TPSA) is 18.5 Å². The zero-order valence-corrected chi connectivity index (χ0v) is 11.4. The zero-order chi connectivity index (χ0) is 13.0. The molecule has 1 heterocycles. The van der Waals surface area contributed by atoms with Gasteiger partial charge < -0.3 is 9.47 Å². The molecule has 2 rings (SSSR count). The lowest BCUT2D eigenvalue weighted by atomic mass is 10.0. The smallest absolute Gasteiger partial charge is 0.168 e. The highest BCUT2D eigenvalue weighted by molar-refractivity contribution is 5.16. The summed E-state index contributed by atoms with van der Waals surface area (Å²) < 4.78 is 12.3. The van der Waals surface area contributed by atoms with Crippen molar-refractivity contribution in [1.29, 1.82) is 0 Å². The number of rotatable bonds is 5. The Morgan fingerprint density at radius 2 is 1.67 bits per heavy atom. The van der Waals surface area contributed by atoms with E-state index in [9.17, 15) is 0 Å². The molecule has 1 aliphatic heterocycles. The molecule has 0 unspecified atom stereocenters. The van der Waals surface area contributed by atoms with Gasteiger partial charge in [0.25, 0.3) is 0 Å². The molecule has 0 aliphatic carbocycles. The van der Waals surface area contributed by atoms with Gasteiger partial charge in [-0.25, -0.2) is 0 Å². The van der Waals surface area contributed by atoms with E-state index >= 15 is 0 Å². The highest BCUT2D eigenvalue weighted by Gasteiger charge is 2.44. The summed E-state index contributed by atoms with van der Waals surface area (Å²) in [7, 11) is 0. The number of benzene rings is 1. The molecule has 0 aromatic heterocycles. The van der Waals surface area contributed by atoms with Gasteiger partial charge in [0.2, 0.25) is 0 Å². The fourth-order valence-corrected chi connectivity index (χ4v) is 2.58. The van der Waals surface area contributed by atoms with Crippen molar-refractivity contribution in [2.45, 2.75) is 57.5 Å². The van der Waals surface area contributed by atoms with Crippen LogP contribution < -0.4 is 0 Å². The second kappa shape index (κ2) is 5.85. The van der Waals surface area contributed by atoms with Crippen LogP contribution in [0.15, 0.2) is 30.3 Å². The van der Waals surface area contributed by atoms with E-state index in [1.807, 2.05) is 6.07 Å². The van der Waals surface area contributed by atoms with E-state index in [0.717, 1.165) is 25.7 Å². The van der Waals surface area contributed by atoms with Gasteiger partial charge in [0.05, 0.1) is 12.2 Å². The van der Waals surface area contributed by atoms with Crippen molar-refractivity contribution in [2.24, 2.45) is 0 Å². The summed E-state index contributed by atoms with van der Waals surface area (Å²) in [5, 5.41) is 0. The summed E-state index contributed by atoms with van der Waals surface area (Å²) in [6, 6.07) is 10.5. The highest BCUT2D eigenvalue weighted by Crippen LogP contribution is 2.36. The average Bonchev–Trinajstić information content (AvgIpc) is 2.79. The predicted octanol–water partition coefficient (Wildman–Crippen LogP) is 3.75. The maximum Gasteiger partial charge on any atom is 0.168 e. The summed E-state index contributed by atoms with van der Waals surface area (Å²) in [6.07, 6.45) is 3.70. The molecule has 2 nitrogen and oxygen atoms in total. The van der Waals surface area contributed by atoms with Crippen molar-refractivity contribution < 1.29 is 9.47 Å². The lowest BCUT2D eigenvalue weighted by molar-refractivity contribution is -0.178. The Morgan fingerprint density at radius 3 is 2.22 bits per heavy atom. The van der Waals surface area contributed by atoms with Crippen molar-refractivity contribution >= 4 is 0 Å². The zero-order valence-electron chi connectivity index (χ0n) is 11.4. The Hall–Kier alpha value is -0.860. The third kappa shape index (κ3) is 2.76. The molecule has 1 aromatic rings. The first-order valence-corrected chi connectivity index (χ1v) is 6.92. The van der Waals surface area contributed by atoms with Gasteiger partial charge in [-0.15, -0.1) is 0 Å². The molecular formula is C16H23O2. The van der Waals surface area contributed by atoms with Crippen LogP contribution in [0.25, 0.3) is 0 Å². The van der Waals surface area contributed by atoms with Crippen molar-refractivity contribution in [2.75, 3.05) is 0 Å². The summed E-state index contributed by atoms with van der Waals surface area (Å²) in [5.41, 5.74) is 1.30. The van der Waals surface area contributed by atoms with Crippen LogP contribution in [-0.4, -0.2) is 18.0 Å². The Bertz CT molecular complexity index is 357. The Morgan fingerprint density at radius 1 is 1.06 bits per heavy atom. The Labute approximate surface area is 110 Å². The fourth-order valence-electron chi connectivity index (χ4n) is 2.58. The average molecular weight is 247 g/mol. The van der Waals surface area contributed by atoms with Gasteiger partial charge in [-0.1, -0.05) is 51.1 Å². The second-order valence-electron chi connectivity index (χ2n) is 4.91. The number of ether oxygens (including phenoxy) is 2. The largest absolute Gasteiger partial charge is 0.344 e. The van der Waals surface area contributed by atoms with Gasteiger partial charge in [-0.05, 0) is 24.8 Å². The van der Waals surface area contributed by atoms with Crippen LogP contribution in [0.5, 0.6) is 0 Å². The van der Waals surface area contributed by atoms with Crippen molar-refractivity contribution in [3.8, 4) is 0 Å². The van der Waals surface area contributed by atoms with Crippen LogP contribution in [0.3, 0.4) is 0 Å². The Balaban J connectivity index is 2.08. The summed E-state index contributed by atoms with van der Waals surface area (Å²) >= 11 is 0. The maximum atomic E-state index is 6.19. The lowest BCUT2D eigenvalue weighted by Gasteiger charge is -2.25. The first-order valence-electron chi connectivity index (χ1n) is 6.92. The minimum absolute atomic E-state index is 0.116. The van der Waals surface area contributed by atoms with Crippen molar-refractivity contribution in [3.63, 3.8) is 0 Å². The third-order valence-corrected chi connectivity index (χ3v) is 3.79. The summed E-state index contributed by atoms with van der Waals surface area (Å²) in [6.45, 7) is 8.23. The van der Waals surface area contributed by atoms with Gasteiger partial charge in [0, 0.05) is 6.42 Å². The minimum Gasteiger partial charge on any atom is -0.344 e. The predicted molar refractivity (Wildman–Crippen MR) is 73.2 cm³/mol. The van der Waals surface area contributed by atoms with Crippen LogP contribution in [-0.2, 0) is 15.9 Å². The van der Waals surface area contributed by atoms with Gasteiger partial charge in [0.15, 0.2) is 5.79 Å². The lowest BCUT2D eigenvalue weighted by Crippen LogP contribution is -2.29. The normalized spacial score (nSPS) is 26.4. The SMILES string of the molecule is [CH2]C[C@H]1OC(CC)(CC)O[C@@H]1Cc1ccccc1. The molecule has 99 valence electrons. The van der Waals surface area contributed by atoms with E-state index in [1.165, 1.54) is 5.56 Å². The Kier molecular flexibility index (Phi) is 4.41. The van der Waals surface area contributed by atoms with Crippen LogP contribution in [0, 0.1) is 6.92 Å². The van der Waals surface area contributed by atoms with E-state index in [4.69, 9.17) is 9.47 Å². The van der Waals surface area contributed by atoms with E-state index in [0.29, 0.717) is 0 Å². The molecule has 1 radical (unpaired) electrons. The maximum absolute atomic E-state index is 6.19. The van der Waals surface area contributed by atoms with Crippen molar-refractivity contribution in [3.05, 3.63) is 42.8 Å². The molecule has 18 heavy (non-hydrogen) atoms. The molecule has 2 heteroatoms. The molecule has 0 N–H and O–H groups in total. The third-order valence-electron chi connectivity index (χ3n) is 3.79. The molecule has 1 aromatic carbocycles. The minimum atomic E-state index is -0.387. The van der Waals surface area contributed by atoms with Crippen molar-refractivity contribution in [1.82, 2.24) is 0 Å². The molecule has 0 amide bonds. The first-order chi connectivity index (χ1) is 8.73. The fraction of sp³-hybridized carbons (Fsp3) is 0.562. The highest BCUT2D eigenvalue weighted by atomic mass is 16.8. The summed E-state index contributed by atoms with van der Waals surface area (Å²) in [4.78, 5) is 0. The molecule has 0 bridgehead atoms. The summed E-state index contributed by atoms with van der Waals surface area (Å²) in [5.74, 6) is -0.387. The van der Waals surface area contributed by atoms with Gasteiger partial charge in [-0.3, -0.25) is 0 Å². The molecule has 0 saturated carbocycles. The first kappa shape index (κ1) is 13.6. The molecular weight excluding hydrogens is 224 g/mol. The van der Waals surface area contributed by atoms with Crippen LogP contribution in [0.2, 0.25) is 0 Å². The van der Waals surface area contributed by atoms with E-state index in [1.54, 1.807) is 0 Å². The monoisotopic (exact) mass is 247 g/mol. The number of hydrogen-bond donors (Lipinski definition) is 0. The molecule has 1 saturated heterocycles. The van der Waals surface area contributed by atoms with Gasteiger partial charge in [-0.2, -0.15) is 0 Å². The second-order valence-corrected chi connectivity index (χ2v) is 4.91. The molecule has 0 spiro atoms.